The lowest BCUT2D eigenvalue weighted by Gasteiger charge is -2.44. The van der Waals surface area contributed by atoms with Crippen LogP contribution in [-0.4, -0.2) is 22.7 Å². The summed E-state index contributed by atoms with van der Waals surface area (Å²) in [6.45, 7) is -0.248. The van der Waals surface area contributed by atoms with E-state index in [4.69, 9.17) is 0 Å². The minimum Gasteiger partial charge on any atom is -0.375 e. The third-order valence-corrected chi connectivity index (χ3v) is 16.4. The summed E-state index contributed by atoms with van der Waals surface area (Å²) in [6, 6.07) is 91.2. The van der Waals surface area contributed by atoms with Gasteiger partial charge in [0.25, 0.3) is 0 Å². The number of fused-ring (bicyclic) bond motifs is 14. The number of rotatable bonds is 4. The van der Waals surface area contributed by atoms with Gasteiger partial charge in [-0.25, -0.2) is 0 Å². The first-order chi connectivity index (χ1) is 35.8. The van der Waals surface area contributed by atoms with Crippen LogP contribution < -0.4 is 31.7 Å². The molecule has 13 aromatic rings. The van der Waals surface area contributed by atoms with Crippen molar-refractivity contribution in [3.63, 3.8) is 0 Å². The van der Waals surface area contributed by atoms with Crippen molar-refractivity contribution in [1.29, 1.82) is 0 Å². The van der Waals surface area contributed by atoms with E-state index in [0.717, 1.165) is 11.4 Å². The fourth-order valence-electron chi connectivity index (χ4n) is 13.6. The number of hydrogen-bond acceptors (Lipinski definition) is 2. The third-order valence-electron chi connectivity index (χ3n) is 16.4. The average molecular weight is 911 g/mol. The summed E-state index contributed by atoms with van der Waals surface area (Å²) in [5.74, 6) is 0. The molecule has 2 aromatic heterocycles. The van der Waals surface area contributed by atoms with Crippen LogP contribution in [0.1, 0.15) is 0 Å². The Morgan fingerprint density at radius 1 is 0.264 bits per heavy atom. The Balaban J connectivity index is 1.06. The number of anilines is 6. The smallest absolute Gasteiger partial charge is 0.333 e. The van der Waals surface area contributed by atoms with Crippen LogP contribution >= 0.6 is 0 Å². The Kier molecular flexibility index (Phi) is 7.60. The molecule has 72 heavy (non-hydrogen) atoms. The SMILES string of the molecule is c1ccc(-c2cc3c4c(c2)N(c2ccccc2)c2cc5c(cc2B4n2c4ccccc4c4cccc-3c42)B2c3c(cc(-c4ccccc4)cc3N5c3ccccc3)-c3cccc4c5ccccc5n2c34)cc1. The highest BCUT2D eigenvalue weighted by Gasteiger charge is 2.48. The predicted molar refractivity (Wildman–Crippen MR) is 304 cm³/mol. The van der Waals surface area contributed by atoms with E-state index in [-0.39, 0.29) is 13.7 Å². The highest BCUT2D eigenvalue weighted by Crippen LogP contribution is 2.51. The lowest BCUT2D eigenvalue weighted by atomic mass is 9.41. The minimum atomic E-state index is -0.124. The molecule has 0 atom stereocenters. The fraction of sp³-hybridized carbons (Fsp3) is 0. The summed E-state index contributed by atoms with van der Waals surface area (Å²) in [6.07, 6.45) is 0. The van der Waals surface area contributed by atoms with E-state index in [9.17, 15) is 0 Å². The molecule has 0 amide bonds. The zero-order valence-electron chi connectivity index (χ0n) is 39.0. The van der Waals surface area contributed by atoms with Gasteiger partial charge in [0.15, 0.2) is 0 Å². The molecule has 330 valence electrons. The molecule has 4 aliphatic rings. The van der Waals surface area contributed by atoms with Crippen LogP contribution in [0.3, 0.4) is 0 Å². The van der Waals surface area contributed by atoms with Gasteiger partial charge in [-0.1, -0.05) is 176 Å². The van der Waals surface area contributed by atoms with Gasteiger partial charge in [0.05, 0.1) is 0 Å². The van der Waals surface area contributed by atoms with Crippen LogP contribution in [0.2, 0.25) is 0 Å². The van der Waals surface area contributed by atoms with Gasteiger partial charge < -0.3 is 18.8 Å². The topological polar surface area (TPSA) is 16.3 Å². The second kappa shape index (κ2) is 14.2. The maximum absolute atomic E-state index is 2.70. The van der Waals surface area contributed by atoms with Crippen molar-refractivity contribution in [2.75, 3.05) is 9.80 Å². The van der Waals surface area contributed by atoms with Crippen molar-refractivity contribution in [3.8, 4) is 44.5 Å². The third kappa shape index (κ3) is 4.98. The largest absolute Gasteiger partial charge is 0.375 e. The number of benzene rings is 11. The molecule has 6 heterocycles. The van der Waals surface area contributed by atoms with Gasteiger partial charge in [0, 0.05) is 88.9 Å². The highest BCUT2D eigenvalue weighted by atomic mass is 15.2. The molecule has 0 bridgehead atoms. The van der Waals surface area contributed by atoms with E-state index in [1.54, 1.807) is 0 Å². The van der Waals surface area contributed by atoms with Crippen LogP contribution in [0.5, 0.6) is 0 Å². The van der Waals surface area contributed by atoms with Crippen molar-refractivity contribution in [2.45, 2.75) is 0 Å². The second-order valence-corrected chi connectivity index (χ2v) is 19.9. The Hall–Kier alpha value is -9.25. The molecule has 4 aliphatic heterocycles. The van der Waals surface area contributed by atoms with E-state index in [0.29, 0.717) is 0 Å². The summed E-state index contributed by atoms with van der Waals surface area (Å²) >= 11 is 0. The van der Waals surface area contributed by atoms with Crippen LogP contribution in [0, 0.1) is 0 Å². The van der Waals surface area contributed by atoms with Gasteiger partial charge in [-0.15, -0.1) is 0 Å². The summed E-state index contributed by atoms with van der Waals surface area (Å²) in [5.41, 5.74) is 27.3. The summed E-state index contributed by atoms with van der Waals surface area (Å²) < 4.78 is 5.40. The molecular weight excluding hydrogens is 870 g/mol. The maximum atomic E-state index is 2.70. The molecule has 4 nitrogen and oxygen atoms in total. The maximum Gasteiger partial charge on any atom is 0.333 e. The molecule has 6 heteroatoms. The molecule has 17 rings (SSSR count). The monoisotopic (exact) mass is 910 g/mol. The zero-order chi connectivity index (χ0) is 46.8. The van der Waals surface area contributed by atoms with Gasteiger partial charge >= 0.3 is 13.7 Å². The molecule has 0 fully saturated rings. The van der Waals surface area contributed by atoms with Crippen molar-refractivity contribution in [1.82, 2.24) is 8.96 Å². The second-order valence-electron chi connectivity index (χ2n) is 19.9. The van der Waals surface area contributed by atoms with E-state index < -0.39 is 0 Å². The average Bonchev–Trinajstić information content (AvgIpc) is 3.97. The Morgan fingerprint density at radius 3 is 1.10 bits per heavy atom. The predicted octanol–water partition coefficient (Wildman–Crippen LogP) is 14.1. The normalized spacial score (nSPS) is 13.4. The van der Waals surface area contributed by atoms with Crippen LogP contribution in [-0.2, 0) is 0 Å². The van der Waals surface area contributed by atoms with Crippen molar-refractivity contribution in [3.05, 3.63) is 243 Å². The van der Waals surface area contributed by atoms with Crippen molar-refractivity contribution < 1.29 is 0 Å². The zero-order valence-corrected chi connectivity index (χ0v) is 39.0. The first-order valence-electron chi connectivity index (χ1n) is 25.2. The molecule has 0 aliphatic carbocycles. The summed E-state index contributed by atoms with van der Waals surface area (Å²) in [7, 11) is 0. The number of aromatic nitrogens is 2. The molecule has 0 spiro atoms. The molecule has 0 N–H and O–H groups in total. The highest BCUT2D eigenvalue weighted by molar-refractivity contribution is 6.93. The van der Waals surface area contributed by atoms with E-state index >= 15 is 0 Å². The standard InChI is InChI=1S/C66H40B2N4/c1-5-19-41(20-6-1)43-35-53-51-31-17-29-49-47-27-13-15-33-57(47)71(65(49)51)67-55-39-56-60(40-59(55)69(61(37-43)63(53)67)45-23-9-3-10-24-45)70(46-25-11-4-12-26-46)62-38-44(42-21-7-2-8-22-42)36-54-52-32-18-30-50-48-28-14-16-34-58(48)72(66(50)52)68(56)64(54)62/h1-40H. The van der Waals surface area contributed by atoms with Gasteiger partial charge in [-0.05, 0) is 122 Å². The van der Waals surface area contributed by atoms with E-state index in [1.807, 2.05) is 0 Å². The number of hydrogen-bond donors (Lipinski definition) is 0. The van der Waals surface area contributed by atoms with Crippen LogP contribution in [0.25, 0.3) is 88.1 Å². The molecule has 0 unspecified atom stereocenters. The van der Waals surface area contributed by atoms with Crippen LogP contribution in [0.15, 0.2) is 243 Å². The molecule has 11 aromatic carbocycles. The van der Waals surface area contributed by atoms with E-state index in [1.165, 1.54) is 133 Å². The molecule has 0 saturated heterocycles. The summed E-state index contributed by atoms with van der Waals surface area (Å²) in [4.78, 5) is 5.16. The first-order valence-corrected chi connectivity index (χ1v) is 25.2. The number of nitrogens with zero attached hydrogens (tertiary/aromatic N) is 4. The van der Waals surface area contributed by atoms with Crippen molar-refractivity contribution in [2.24, 2.45) is 0 Å². The lowest BCUT2D eigenvalue weighted by molar-refractivity contribution is 1.23. The lowest BCUT2D eigenvalue weighted by Crippen LogP contribution is -2.61. The quantitative estimate of drug-likeness (QED) is 0.164. The van der Waals surface area contributed by atoms with Gasteiger partial charge in [0.1, 0.15) is 0 Å². The van der Waals surface area contributed by atoms with Crippen molar-refractivity contribution >= 4 is 113 Å². The number of para-hydroxylation sites is 6. The summed E-state index contributed by atoms with van der Waals surface area (Å²) in [5, 5.41) is 5.15. The van der Waals surface area contributed by atoms with Gasteiger partial charge in [-0.3, -0.25) is 0 Å². The van der Waals surface area contributed by atoms with Gasteiger partial charge in [-0.2, -0.15) is 0 Å². The van der Waals surface area contributed by atoms with E-state index in [2.05, 4.69) is 261 Å². The van der Waals surface area contributed by atoms with Gasteiger partial charge in [0.2, 0.25) is 0 Å². The Labute approximate surface area is 417 Å². The molecular formula is C66H40B2N4. The van der Waals surface area contributed by atoms with Crippen LogP contribution in [0.4, 0.5) is 34.1 Å². The first kappa shape index (κ1) is 38.6. The fourth-order valence-corrected chi connectivity index (χ4v) is 13.6. The molecule has 0 saturated carbocycles. The Bertz CT molecular complexity index is 4180. The minimum absolute atomic E-state index is 0.124. The Morgan fingerprint density at radius 2 is 0.653 bits per heavy atom. The molecule has 0 radical (unpaired) electrons.